The number of phenols is 1. The summed E-state index contributed by atoms with van der Waals surface area (Å²) in [7, 11) is 2.11. The van der Waals surface area contributed by atoms with Crippen molar-refractivity contribution in [3.63, 3.8) is 0 Å². The molecule has 0 heterocycles. The molecule has 0 amide bonds. The summed E-state index contributed by atoms with van der Waals surface area (Å²) < 4.78 is 0.746. The molecular weight excluding hydrogens is 280 g/mol. The largest absolute Gasteiger partial charge is 0.506 e. The highest BCUT2D eigenvalue weighted by Gasteiger charge is 2.05. The first-order chi connectivity index (χ1) is 8.02. The number of benzene rings is 1. The van der Waals surface area contributed by atoms with E-state index >= 15 is 0 Å². The highest BCUT2D eigenvalue weighted by Crippen LogP contribution is 2.26. The molecule has 0 aliphatic heterocycles. The summed E-state index contributed by atoms with van der Waals surface area (Å²) in [6.45, 7) is 6.98. The maximum absolute atomic E-state index is 9.80. The Morgan fingerprint density at radius 1 is 1.41 bits per heavy atom. The maximum atomic E-state index is 9.80. The van der Waals surface area contributed by atoms with E-state index in [1.54, 1.807) is 0 Å². The molecule has 0 atom stereocenters. The molecular formula is C13H21BrN2O. The van der Waals surface area contributed by atoms with Gasteiger partial charge in [-0.15, -0.1) is 0 Å². The summed E-state index contributed by atoms with van der Waals surface area (Å²) in [5.74, 6) is 0.331. The van der Waals surface area contributed by atoms with Crippen LogP contribution in [0.4, 0.5) is 0 Å². The van der Waals surface area contributed by atoms with Crippen LogP contribution in [-0.2, 0) is 6.54 Å². The Kier molecular flexibility index (Phi) is 5.95. The summed E-state index contributed by atoms with van der Waals surface area (Å²) in [5, 5.41) is 13.1. The van der Waals surface area contributed by atoms with E-state index in [-0.39, 0.29) is 0 Å². The van der Waals surface area contributed by atoms with Crippen LogP contribution in [-0.4, -0.2) is 36.2 Å². The first-order valence-electron chi connectivity index (χ1n) is 5.89. The molecule has 3 nitrogen and oxygen atoms in total. The van der Waals surface area contributed by atoms with Gasteiger partial charge in [0.1, 0.15) is 5.75 Å². The maximum Gasteiger partial charge on any atom is 0.134 e. The summed E-state index contributed by atoms with van der Waals surface area (Å²) in [5.41, 5.74) is 0.923. The van der Waals surface area contributed by atoms with Gasteiger partial charge < -0.3 is 15.3 Å². The number of nitrogens with zero attached hydrogens (tertiary/aromatic N) is 1. The SMILES string of the molecule is CC(C)N(C)CCNCc1cccc(Br)c1O. The van der Waals surface area contributed by atoms with Gasteiger partial charge in [0.15, 0.2) is 0 Å². The van der Waals surface area contributed by atoms with E-state index in [9.17, 15) is 5.11 Å². The minimum Gasteiger partial charge on any atom is -0.506 e. The highest BCUT2D eigenvalue weighted by atomic mass is 79.9. The Balaban J connectivity index is 2.34. The third kappa shape index (κ3) is 4.66. The number of para-hydroxylation sites is 1. The van der Waals surface area contributed by atoms with Crippen LogP contribution in [0.25, 0.3) is 0 Å². The molecule has 1 aromatic rings. The van der Waals surface area contributed by atoms with Gasteiger partial charge in [0.25, 0.3) is 0 Å². The zero-order chi connectivity index (χ0) is 12.8. The molecule has 0 aliphatic carbocycles. The first-order valence-corrected chi connectivity index (χ1v) is 6.69. The number of hydrogen-bond acceptors (Lipinski definition) is 3. The summed E-state index contributed by atoms with van der Waals surface area (Å²) in [6, 6.07) is 6.27. The van der Waals surface area contributed by atoms with Crippen LogP contribution in [0.5, 0.6) is 5.75 Å². The van der Waals surface area contributed by atoms with Crippen molar-refractivity contribution in [2.45, 2.75) is 26.4 Å². The van der Waals surface area contributed by atoms with Crippen LogP contribution in [0, 0.1) is 0 Å². The van der Waals surface area contributed by atoms with E-state index < -0.39 is 0 Å². The molecule has 0 saturated heterocycles. The molecule has 0 bridgehead atoms. The number of aromatic hydroxyl groups is 1. The molecule has 1 aromatic carbocycles. The van der Waals surface area contributed by atoms with E-state index in [0.717, 1.165) is 23.1 Å². The Morgan fingerprint density at radius 2 is 2.12 bits per heavy atom. The van der Waals surface area contributed by atoms with E-state index in [0.29, 0.717) is 18.3 Å². The Bertz CT molecular complexity index is 355. The predicted octanol–water partition coefficient (Wildman–Crippen LogP) is 2.58. The van der Waals surface area contributed by atoms with E-state index in [4.69, 9.17) is 0 Å². The smallest absolute Gasteiger partial charge is 0.134 e. The van der Waals surface area contributed by atoms with E-state index in [2.05, 4.69) is 47.0 Å². The second-order valence-corrected chi connectivity index (χ2v) is 5.35. The van der Waals surface area contributed by atoms with Gasteiger partial charge in [-0.05, 0) is 42.9 Å². The fourth-order valence-corrected chi connectivity index (χ4v) is 1.85. The van der Waals surface area contributed by atoms with Gasteiger partial charge >= 0.3 is 0 Å². The molecule has 0 spiro atoms. The average molecular weight is 301 g/mol. The monoisotopic (exact) mass is 300 g/mol. The van der Waals surface area contributed by atoms with Crippen molar-refractivity contribution in [3.05, 3.63) is 28.2 Å². The average Bonchev–Trinajstić information content (AvgIpc) is 2.29. The molecule has 0 fully saturated rings. The summed E-state index contributed by atoms with van der Waals surface area (Å²) >= 11 is 3.31. The van der Waals surface area contributed by atoms with Crippen molar-refractivity contribution in [3.8, 4) is 5.75 Å². The lowest BCUT2D eigenvalue weighted by atomic mass is 10.2. The van der Waals surface area contributed by atoms with Crippen molar-refractivity contribution in [2.75, 3.05) is 20.1 Å². The van der Waals surface area contributed by atoms with Crippen LogP contribution < -0.4 is 5.32 Å². The van der Waals surface area contributed by atoms with Crippen LogP contribution >= 0.6 is 15.9 Å². The standard InChI is InChI=1S/C13H21BrN2O/c1-10(2)16(3)8-7-15-9-11-5-4-6-12(14)13(11)17/h4-6,10,15,17H,7-9H2,1-3H3. The summed E-state index contributed by atoms with van der Waals surface area (Å²) in [6.07, 6.45) is 0. The van der Waals surface area contributed by atoms with Crippen molar-refractivity contribution < 1.29 is 5.11 Å². The third-order valence-corrected chi connectivity index (χ3v) is 3.55. The number of nitrogens with one attached hydrogen (secondary N) is 1. The van der Waals surface area contributed by atoms with Crippen molar-refractivity contribution in [2.24, 2.45) is 0 Å². The molecule has 17 heavy (non-hydrogen) atoms. The minimum absolute atomic E-state index is 0.331. The van der Waals surface area contributed by atoms with Crippen LogP contribution in [0.2, 0.25) is 0 Å². The van der Waals surface area contributed by atoms with E-state index in [1.807, 2.05) is 18.2 Å². The zero-order valence-electron chi connectivity index (χ0n) is 10.7. The number of likely N-dealkylation sites (N-methyl/N-ethyl adjacent to an activating group) is 1. The number of phenolic OH excluding ortho intramolecular Hbond substituents is 1. The molecule has 0 radical (unpaired) electrons. The van der Waals surface area contributed by atoms with Crippen LogP contribution in [0.15, 0.2) is 22.7 Å². The molecule has 2 N–H and O–H groups in total. The molecule has 0 aromatic heterocycles. The second-order valence-electron chi connectivity index (χ2n) is 4.50. The lowest BCUT2D eigenvalue weighted by Gasteiger charge is -2.21. The quantitative estimate of drug-likeness (QED) is 0.793. The van der Waals surface area contributed by atoms with Gasteiger partial charge in [-0.25, -0.2) is 0 Å². The fraction of sp³-hybridized carbons (Fsp3) is 0.538. The third-order valence-electron chi connectivity index (χ3n) is 2.91. The topological polar surface area (TPSA) is 35.5 Å². The number of halogens is 1. The van der Waals surface area contributed by atoms with Gasteiger partial charge in [0, 0.05) is 31.2 Å². The molecule has 96 valence electrons. The Hall–Kier alpha value is -0.580. The zero-order valence-corrected chi connectivity index (χ0v) is 12.3. The summed E-state index contributed by atoms with van der Waals surface area (Å²) in [4.78, 5) is 2.29. The van der Waals surface area contributed by atoms with Crippen molar-refractivity contribution in [1.82, 2.24) is 10.2 Å². The lowest BCUT2D eigenvalue weighted by Crippen LogP contribution is -2.33. The van der Waals surface area contributed by atoms with Gasteiger partial charge in [0.2, 0.25) is 0 Å². The van der Waals surface area contributed by atoms with Crippen LogP contribution in [0.1, 0.15) is 19.4 Å². The van der Waals surface area contributed by atoms with Gasteiger partial charge in [-0.3, -0.25) is 0 Å². The number of hydrogen-bond donors (Lipinski definition) is 2. The van der Waals surface area contributed by atoms with E-state index in [1.165, 1.54) is 0 Å². The van der Waals surface area contributed by atoms with Crippen LogP contribution in [0.3, 0.4) is 0 Å². The molecule has 0 saturated carbocycles. The second kappa shape index (κ2) is 6.99. The molecule has 0 aliphatic rings. The van der Waals surface area contributed by atoms with Gasteiger partial charge in [-0.2, -0.15) is 0 Å². The fourth-order valence-electron chi connectivity index (χ4n) is 1.44. The molecule has 0 unspecified atom stereocenters. The van der Waals surface area contributed by atoms with Gasteiger partial charge in [0.05, 0.1) is 4.47 Å². The normalized spacial score (nSPS) is 11.4. The first kappa shape index (κ1) is 14.5. The number of rotatable bonds is 6. The Labute approximate surface area is 112 Å². The van der Waals surface area contributed by atoms with Gasteiger partial charge in [-0.1, -0.05) is 12.1 Å². The molecule has 4 heteroatoms. The van der Waals surface area contributed by atoms with Crippen molar-refractivity contribution >= 4 is 15.9 Å². The van der Waals surface area contributed by atoms with Crippen molar-refractivity contribution in [1.29, 1.82) is 0 Å². The minimum atomic E-state index is 0.331. The highest BCUT2D eigenvalue weighted by molar-refractivity contribution is 9.10. The molecule has 1 rings (SSSR count). The predicted molar refractivity (Wildman–Crippen MR) is 75.3 cm³/mol. The Morgan fingerprint density at radius 3 is 2.76 bits per heavy atom. The lowest BCUT2D eigenvalue weighted by molar-refractivity contribution is 0.273.